The molecule has 0 spiro atoms. The number of thioether (sulfide) groups is 1. The summed E-state index contributed by atoms with van der Waals surface area (Å²) in [5.41, 5.74) is 6.38. The number of unbranched alkanes of at least 4 members (excludes halogenated alkanes) is 2. The highest BCUT2D eigenvalue weighted by molar-refractivity contribution is 7.98. The van der Waals surface area contributed by atoms with Gasteiger partial charge >= 0.3 is 0 Å². The van der Waals surface area contributed by atoms with Gasteiger partial charge in [0, 0.05) is 13.0 Å². The van der Waals surface area contributed by atoms with E-state index in [1.165, 1.54) is 0 Å². The first kappa shape index (κ1) is 18.4. The van der Waals surface area contributed by atoms with Crippen molar-refractivity contribution in [1.29, 1.82) is 0 Å². The highest BCUT2D eigenvalue weighted by Gasteiger charge is 2.12. The molecule has 0 unspecified atom stereocenters. The summed E-state index contributed by atoms with van der Waals surface area (Å²) in [5, 5.41) is 0. The third-order valence-corrected chi connectivity index (χ3v) is 5.25. The van der Waals surface area contributed by atoms with Crippen LogP contribution in [-0.4, -0.2) is 32.0 Å². The largest absolute Gasteiger partial charge is 0.393 e. The first-order chi connectivity index (χ1) is 9.95. The normalized spacial score (nSPS) is 11.5. The molecule has 0 saturated carbocycles. The minimum Gasteiger partial charge on any atom is -0.393 e. The zero-order valence-corrected chi connectivity index (χ0v) is 14.6. The average Bonchev–Trinajstić information content (AvgIpc) is 2.42. The van der Waals surface area contributed by atoms with E-state index in [0.29, 0.717) is 18.0 Å². The minimum atomic E-state index is -3.42. The highest BCUT2D eigenvalue weighted by Crippen LogP contribution is 2.11. The van der Waals surface area contributed by atoms with Crippen LogP contribution in [-0.2, 0) is 16.4 Å². The fraction of sp³-hybridized carbons (Fsp3) is 0.500. The lowest BCUT2D eigenvalue weighted by Crippen LogP contribution is -2.24. The van der Waals surface area contributed by atoms with Gasteiger partial charge in [-0.15, -0.1) is 0 Å². The van der Waals surface area contributed by atoms with Gasteiger partial charge in [-0.3, -0.25) is 0 Å². The van der Waals surface area contributed by atoms with Crippen LogP contribution < -0.4 is 10.5 Å². The number of benzene rings is 1. The van der Waals surface area contributed by atoms with Gasteiger partial charge in [0.1, 0.15) is 0 Å². The van der Waals surface area contributed by atoms with Crippen LogP contribution >= 0.6 is 24.0 Å². The number of hydrogen-bond acceptors (Lipinski definition) is 4. The minimum absolute atomic E-state index is 0.276. The van der Waals surface area contributed by atoms with Crippen molar-refractivity contribution in [2.24, 2.45) is 5.73 Å². The molecule has 0 bridgehead atoms. The molecule has 1 aromatic rings. The van der Waals surface area contributed by atoms with Crippen molar-refractivity contribution in [3.8, 4) is 0 Å². The summed E-state index contributed by atoms with van der Waals surface area (Å²) in [5.74, 6) is 1.12. The zero-order valence-electron chi connectivity index (χ0n) is 12.2. The van der Waals surface area contributed by atoms with Crippen molar-refractivity contribution < 1.29 is 8.42 Å². The first-order valence-corrected chi connectivity index (χ1v) is 10.1. The van der Waals surface area contributed by atoms with E-state index in [9.17, 15) is 8.42 Å². The molecule has 1 rings (SSSR count). The number of thiocarbonyl (C=S) groups is 1. The van der Waals surface area contributed by atoms with Crippen LogP contribution in [0.3, 0.4) is 0 Å². The van der Waals surface area contributed by atoms with Crippen LogP contribution in [0.2, 0.25) is 0 Å². The van der Waals surface area contributed by atoms with Crippen LogP contribution in [0.4, 0.5) is 0 Å². The van der Waals surface area contributed by atoms with Crippen LogP contribution in [0.15, 0.2) is 29.2 Å². The maximum absolute atomic E-state index is 12.1. The topological polar surface area (TPSA) is 72.2 Å². The predicted molar refractivity (Wildman–Crippen MR) is 94.4 cm³/mol. The maximum Gasteiger partial charge on any atom is 0.240 e. The van der Waals surface area contributed by atoms with Crippen molar-refractivity contribution in [2.75, 3.05) is 18.6 Å². The van der Waals surface area contributed by atoms with Gasteiger partial charge in [0.2, 0.25) is 10.0 Å². The van der Waals surface area contributed by atoms with Crippen LogP contribution in [0.5, 0.6) is 0 Å². The lowest BCUT2D eigenvalue weighted by atomic mass is 10.1. The Kier molecular flexibility index (Phi) is 8.24. The van der Waals surface area contributed by atoms with Gasteiger partial charge in [0.15, 0.2) is 0 Å². The predicted octanol–water partition coefficient (Wildman–Crippen LogP) is 2.33. The van der Waals surface area contributed by atoms with Crippen molar-refractivity contribution in [3.63, 3.8) is 0 Å². The second-order valence-electron chi connectivity index (χ2n) is 4.74. The number of rotatable bonds is 10. The first-order valence-electron chi connectivity index (χ1n) is 6.81. The van der Waals surface area contributed by atoms with E-state index in [-0.39, 0.29) is 4.90 Å². The summed E-state index contributed by atoms with van der Waals surface area (Å²) >= 11 is 6.64. The molecule has 21 heavy (non-hydrogen) atoms. The summed E-state index contributed by atoms with van der Waals surface area (Å²) in [4.78, 5) is 0.673. The molecule has 0 heterocycles. The molecule has 0 aliphatic heterocycles. The fourth-order valence-electron chi connectivity index (χ4n) is 1.83. The smallest absolute Gasteiger partial charge is 0.240 e. The Morgan fingerprint density at radius 3 is 2.48 bits per heavy atom. The Morgan fingerprint density at radius 2 is 1.90 bits per heavy atom. The summed E-state index contributed by atoms with van der Waals surface area (Å²) in [7, 11) is -3.42. The third kappa shape index (κ3) is 7.26. The molecular formula is C14H22N2O2S3. The molecule has 0 radical (unpaired) electrons. The van der Waals surface area contributed by atoms with Crippen molar-refractivity contribution in [2.45, 2.75) is 30.6 Å². The Labute approximate surface area is 136 Å². The zero-order chi connectivity index (χ0) is 15.7. The molecule has 4 nitrogen and oxygen atoms in total. The number of nitrogens with one attached hydrogen (secondary N) is 1. The second kappa shape index (κ2) is 9.40. The summed E-state index contributed by atoms with van der Waals surface area (Å²) in [6, 6.07) is 6.66. The molecule has 0 aromatic heterocycles. The highest BCUT2D eigenvalue weighted by atomic mass is 32.2. The van der Waals surface area contributed by atoms with E-state index in [1.54, 1.807) is 24.3 Å². The summed E-state index contributed by atoms with van der Waals surface area (Å²) in [6.07, 6.45) is 5.58. The molecule has 0 aliphatic rings. The van der Waals surface area contributed by atoms with Gasteiger partial charge in [-0.1, -0.05) is 30.8 Å². The van der Waals surface area contributed by atoms with Gasteiger partial charge in [0.05, 0.1) is 9.88 Å². The average molecular weight is 347 g/mol. The Balaban J connectivity index is 2.48. The van der Waals surface area contributed by atoms with Gasteiger partial charge in [-0.25, -0.2) is 13.1 Å². The van der Waals surface area contributed by atoms with E-state index in [2.05, 4.69) is 11.0 Å². The summed E-state index contributed by atoms with van der Waals surface area (Å²) < 4.78 is 26.8. The van der Waals surface area contributed by atoms with Gasteiger partial charge in [0.25, 0.3) is 0 Å². The SMILES string of the molecule is CSCCCCCNS(=O)(=O)c1ccc(CC(N)=S)cc1. The molecule has 0 fully saturated rings. The maximum atomic E-state index is 12.1. The monoisotopic (exact) mass is 346 g/mol. The molecule has 0 saturated heterocycles. The summed E-state index contributed by atoms with van der Waals surface area (Å²) in [6.45, 7) is 0.478. The molecular weight excluding hydrogens is 324 g/mol. The third-order valence-electron chi connectivity index (χ3n) is 2.93. The van der Waals surface area contributed by atoms with Gasteiger partial charge < -0.3 is 5.73 Å². The van der Waals surface area contributed by atoms with Crippen molar-refractivity contribution in [1.82, 2.24) is 4.72 Å². The van der Waals surface area contributed by atoms with Crippen LogP contribution in [0.1, 0.15) is 24.8 Å². The van der Waals surface area contributed by atoms with Gasteiger partial charge in [-0.05, 0) is 42.5 Å². The Morgan fingerprint density at radius 1 is 1.24 bits per heavy atom. The lowest BCUT2D eigenvalue weighted by molar-refractivity contribution is 0.576. The second-order valence-corrected chi connectivity index (χ2v) is 8.02. The van der Waals surface area contributed by atoms with Crippen LogP contribution in [0.25, 0.3) is 0 Å². The van der Waals surface area contributed by atoms with Crippen LogP contribution in [0, 0.1) is 0 Å². The molecule has 118 valence electrons. The molecule has 7 heteroatoms. The molecule has 0 aliphatic carbocycles. The Bertz CT molecular complexity index is 542. The van der Waals surface area contributed by atoms with Crippen molar-refractivity contribution in [3.05, 3.63) is 29.8 Å². The molecule has 3 N–H and O–H groups in total. The Hall–Kier alpha value is -0.630. The van der Waals surface area contributed by atoms with Gasteiger partial charge in [-0.2, -0.15) is 11.8 Å². The standard InChI is InChI=1S/C14H22N2O2S3/c1-20-10-4-2-3-9-16-21(17,18)13-7-5-12(6-8-13)11-14(15)19/h5-8,16H,2-4,9-11H2,1H3,(H2,15,19). The molecule has 0 atom stereocenters. The van der Waals surface area contributed by atoms with E-state index in [1.807, 2.05) is 11.8 Å². The van der Waals surface area contributed by atoms with Crippen molar-refractivity contribution >= 4 is 39.0 Å². The quantitative estimate of drug-likeness (QED) is 0.502. The molecule has 0 amide bonds. The fourth-order valence-corrected chi connectivity index (χ4v) is 3.56. The number of nitrogens with two attached hydrogens (primary N) is 1. The number of sulfonamides is 1. The molecule has 1 aromatic carbocycles. The number of hydrogen-bond donors (Lipinski definition) is 2. The van der Waals surface area contributed by atoms with E-state index < -0.39 is 10.0 Å². The lowest BCUT2D eigenvalue weighted by Gasteiger charge is -2.07. The van der Waals surface area contributed by atoms with E-state index in [4.69, 9.17) is 18.0 Å². The van der Waals surface area contributed by atoms with E-state index >= 15 is 0 Å². The van der Waals surface area contributed by atoms with E-state index in [0.717, 1.165) is 30.6 Å².